The van der Waals surface area contributed by atoms with E-state index in [9.17, 15) is 15.3 Å². The maximum absolute atomic E-state index is 11.8. The fourth-order valence-corrected chi connectivity index (χ4v) is 2.16. The van der Waals surface area contributed by atoms with Crippen LogP contribution in [-0.4, -0.2) is 4.92 Å². The fraction of sp³-hybridized carbons (Fsp3) is 0.154. The monoisotopic (exact) mass is 244 g/mol. The Bertz CT molecular complexity index is 650. The van der Waals surface area contributed by atoms with Gasteiger partial charge in [-0.2, -0.15) is 4.73 Å². The molecule has 1 aromatic carbocycles. The van der Waals surface area contributed by atoms with Crippen molar-refractivity contribution in [2.24, 2.45) is 0 Å². The molecule has 92 valence electrons. The van der Waals surface area contributed by atoms with Crippen molar-refractivity contribution in [1.29, 1.82) is 0 Å². The summed E-state index contributed by atoms with van der Waals surface area (Å²) in [5.74, 6) is 0. The first-order chi connectivity index (χ1) is 8.56. The Kier molecular flexibility index (Phi) is 2.97. The Morgan fingerprint density at radius 2 is 2.28 bits per heavy atom. The van der Waals surface area contributed by atoms with Gasteiger partial charge in [0.2, 0.25) is 5.52 Å². The maximum atomic E-state index is 11.8. The first-order valence-corrected chi connectivity index (χ1v) is 5.46. The van der Waals surface area contributed by atoms with Crippen LogP contribution in [0, 0.1) is 22.2 Å². The van der Waals surface area contributed by atoms with Crippen molar-refractivity contribution < 1.29 is 9.65 Å². The SMILES string of the molecule is C=CCc1cc(C)c([N+](=O)[O-])c2ccc[n+]([O-])c12. The van der Waals surface area contributed by atoms with Crippen molar-refractivity contribution in [3.63, 3.8) is 0 Å². The van der Waals surface area contributed by atoms with E-state index in [1.54, 1.807) is 25.1 Å². The van der Waals surface area contributed by atoms with Crippen LogP contribution >= 0.6 is 0 Å². The third-order valence-corrected chi connectivity index (χ3v) is 2.83. The number of pyridine rings is 1. The van der Waals surface area contributed by atoms with Gasteiger partial charge in [-0.1, -0.05) is 6.08 Å². The molecule has 1 heterocycles. The van der Waals surface area contributed by atoms with Crippen LogP contribution in [0.25, 0.3) is 10.9 Å². The zero-order valence-corrected chi connectivity index (χ0v) is 9.92. The number of rotatable bonds is 3. The van der Waals surface area contributed by atoms with E-state index in [0.29, 0.717) is 27.6 Å². The largest absolute Gasteiger partial charge is 0.618 e. The van der Waals surface area contributed by atoms with Gasteiger partial charge in [-0.05, 0) is 25.5 Å². The van der Waals surface area contributed by atoms with Crippen LogP contribution in [0.5, 0.6) is 0 Å². The first kappa shape index (κ1) is 12.0. The summed E-state index contributed by atoms with van der Waals surface area (Å²) in [4.78, 5) is 10.6. The summed E-state index contributed by atoms with van der Waals surface area (Å²) in [6.45, 7) is 5.31. The van der Waals surface area contributed by atoms with Crippen LogP contribution in [0.3, 0.4) is 0 Å². The molecule has 0 aliphatic rings. The van der Waals surface area contributed by atoms with Gasteiger partial charge in [0.05, 0.1) is 4.92 Å². The van der Waals surface area contributed by atoms with Crippen molar-refractivity contribution >= 4 is 16.6 Å². The molecule has 18 heavy (non-hydrogen) atoms. The minimum atomic E-state index is -0.449. The quantitative estimate of drug-likeness (QED) is 0.274. The molecule has 0 fully saturated rings. The number of fused-ring (bicyclic) bond motifs is 1. The summed E-state index contributed by atoms with van der Waals surface area (Å²) in [6.07, 6.45) is 3.52. The van der Waals surface area contributed by atoms with E-state index in [4.69, 9.17) is 0 Å². The molecule has 0 amide bonds. The number of aromatic nitrogens is 1. The summed E-state index contributed by atoms with van der Waals surface area (Å²) in [5, 5.41) is 23.3. The molecule has 5 heteroatoms. The number of hydrogen-bond acceptors (Lipinski definition) is 3. The highest BCUT2D eigenvalue weighted by Crippen LogP contribution is 2.30. The lowest BCUT2D eigenvalue weighted by Crippen LogP contribution is -2.27. The Morgan fingerprint density at radius 1 is 1.56 bits per heavy atom. The Hall–Kier alpha value is -2.43. The summed E-state index contributed by atoms with van der Waals surface area (Å²) in [7, 11) is 0. The van der Waals surface area contributed by atoms with E-state index in [1.807, 2.05) is 0 Å². The number of nitro groups is 1. The predicted molar refractivity (Wildman–Crippen MR) is 68.2 cm³/mol. The minimum absolute atomic E-state index is 0.0111. The Morgan fingerprint density at radius 3 is 2.89 bits per heavy atom. The highest BCUT2D eigenvalue weighted by Gasteiger charge is 2.22. The Labute approximate surface area is 104 Å². The number of benzene rings is 1. The second-order valence-corrected chi connectivity index (χ2v) is 4.05. The zero-order chi connectivity index (χ0) is 13.3. The third kappa shape index (κ3) is 1.79. The van der Waals surface area contributed by atoms with Crippen molar-refractivity contribution in [2.45, 2.75) is 13.3 Å². The smallest absolute Gasteiger partial charge is 0.286 e. The molecule has 1 aromatic heterocycles. The lowest BCUT2D eigenvalue weighted by molar-refractivity contribution is -0.577. The highest BCUT2D eigenvalue weighted by atomic mass is 16.6. The lowest BCUT2D eigenvalue weighted by atomic mass is 10.0. The predicted octanol–water partition coefficient (Wildman–Crippen LogP) is 2.42. The van der Waals surface area contributed by atoms with Gasteiger partial charge in [-0.15, -0.1) is 6.58 Å². The molecule has 0 atom stereocenters. The molecule has 0 spiro atoms. The van der Waals surface area contributed by atoms with E-state index >= 15 is 0 Å². The van der Waals surface area contributed by atoms with Crippen molar-refractivity contribution in [2.75, 3.05) is 0 Å². The van der Waals surface area contributed by atoms with Gasteiger partial charge in [-0.25, -0.2) is 0 Å². The molecular weight excluding hydrogens is 232 g/mol. The molecule has 0 aliphatic carbocycles. The third-order valence-electron chi connectivity index (χ3n) is 2.83. The molecule has 0 saturated heterocycles. The van der Waals surface area contributed by atoms with Crippen LogP contribution in [0.1, 0.15) is 11.1 Å². The maximum Gasteiger partial charge on any atom is 0.286 e. The number of nitro benzene ring substituents is 1. The summed E-state index contributed by atoms with van der Waals surface area (Å²) in [5.41, 5.74) is 1.63. The van der Waals surface area contributed by atoms with Crippen LogP contribution in [0.4, 0.5) is 5.69 Å². The van der Waals surface area contributed by atoms with Gasteiger partial charge in [0, 0.05) is 17.2 Å². The lowest BCUT2D eigenvalue weighted by Gasteiger charge is -2.08. The summed E-state index contributed by atoms with van der Waals surface area (Å²) in [6, 6.07) is 4.79. The number of hydrogen-bond donors (Lipinski definition) is 0. The fourth-order valence-electron chi connectivity index (χ4n) is 2.16. The molecule has 0 radical (unpaired) electrons. The van der Waals surface area contributed by atoms with Gasteiger partial charge >= 0.3 is 0 Å². The average Bonchev–Trinajstić information content (AvgIpc) is 2.28. The molecule has 2 rings (SSSR count). The summed E-state index contributed by atoms with van der Waals surface area (Å²) < 4.78 is 0.667. The molecule has 0 N–H and O–H groups in total. The summed E-state index contributed by atoms with van der Waals surface area (Å²) >= 11 is 0. The second kappa shape index (κ2) is 4.44. The van der Waals surface area contributed by atoms with Crippen molar-refractivity contribution in [3.8, 4) is 0 Å². The number of aryl methyl sites for hydroxylation is 1. The number of nitrogens with zero attached hydrogens (tertiary/aromatic N) is 2. The van der Waals surface area contributed by atoms with E-state index in [-0.39, 0.29) is 5.69 Å². The number of allylic oxidation sites excluding steroid dienone is 1. The molecule has 5 nitrogen and oxygen atoms in total. The van der Waals surface area contributed by atoms with E-state index in [2.05, 4.69) is 6.58 Å². The van der Waals surface area contributed by atoms with Crippen LogP contribution in [-0.2, 0) is 6.42 Å². The average molecular weight is 244 g/mol. The van der Waals surface area contributed by atoms with Crippen molar-refractivity contribution in [3.05, 3.63) is 63.5 Å². The van der Waals surface area contributed by atoms with Crippen molar-refractivity contribution in [1.82, 2.24) is 0 Å². The standard InChI is InChI=1S/C13H12N2O3/c1-3-5-10-8-9(2)12(15(17)18)11-6-4-7-14(16)13(10)11/h3-4,6-8H,1,5H2,2H3. The second-order valence-electron chi connectivity index (χ2n) is 4.05. The van der Waals surface area contributed by atoms with E-state index < -0.39 is 4.92 Å². The van der Waals surface area contributed by atoms with Gasteiger partial charge in [-0.3, -0.25) is 10.1 Å². The van der Waals surface area contributed by atoms with Crippen LogP contribution in [0.2, 0.25) is 0 Å². The molecule has 0 unspecified atom stereocenters. The van der Waals surface area contributed by atoms with Gasteiger partial charge in [0.1, 0.15) is 5.39 Å². The molecule has 0 aliphatic heterocycles. The minimum Gasteiger partial charge on any atom is -0.618 e. The van der Waals surface area contributed by atoms with Gasteiger partial charge in [0.15, 0.2) is 6.20 Å². The molecule has 0 bridgehead atoms. The van der Waals surface area contributed by atoms with Crippen LogP contribution in [0.15, 0.2) is 37.1 Å². The normalized spacial score (nSPS) is 10.5. The molecule has 0 saturated carbocycles. The zero-order valence-electron chi connectivity index (χ0n) is 9.92. The van der Waals surface area contributed by atoms with E-state index in [1.165, 1.54) is 12.3 Å². The van der Waals surface area contributed by atoms with Gasteiger partial charge < -0.3 is 5.21 Å². The highest BCUT2D eigenvalue weighted by molar-refractivity contribution is 5.90. The Balaban J connectivity index is 2.94. The van der Waals surface area contributed by atoms with Gasteiger partial charge in [0.25, 0.3) is 5.69 Å². The first-order valence-electron chi connectivity index (χ1n) is 5.46. The van der Waals surface area contributed by atoms with E-state index in [0.717, 1.165) is 5.56 Å². The molecular formula is C13H12N2O3. The molecule has 2 aromatic rings. The topological polar surface area (TPSA) is 70.1 Å². The van der Waals surface area contributed by atoms with Crippen LogP contribution < -0.4 is 4.73 Å².